The van der Waals surface area contributed by atoms with Crippen molar-refractivity contribution < 1.29 is 4.79 Å². The molecule has 0 atom stereocenters. The summed E-state index contributed by atoms with van der Waals surface area (Å²) in [5.74, 6) is 0.310. The number of piperazine rings is 1. The highest BCUT2D eigenvalue weighted by molar-refractivity contribution is 5.85. The molecular weight excluding hydrogens is 310 g/mol. The van der Waals surface area contributed by atoms with Gasteiger partial charge in [-0.1, -0.05) is 42.5 Å². The Kier molecular flexibility index (Phi) is 4.99. The van der Waals surface area contributed by atoms with E-state index in [1.807, 2.05) is 4.90 Å². The summed E-state index contributed by atoms with van der Waals surface area (Å²) in [5, 5.41) is 5.94. The maximum Gasteiger partial charge on any atom is 0.223 e. The number of nitrogens with one attached hydrogen (secondary N) is 1. The van der Waals surface area contributed by atoms with E-state index >= 15 is 0 Å². The fourth-order valence-corrected chi connectivity index (χ4v) is 3.79. The Balaban J connectivity index is 1.42. The molecule has 132 valence electrons. The molecule has 1 saturated carbocycles. The largest absolute Gasteiger partial charge is 0.340 e. The lowest BCUT2D eigenvalue weighted by Gasteiger charge is -2.29. The van der Waals surface area contributed by atoms with Crippen LogP contribution in [0.3, 0.4) is 0 Å². The second-order valence-corrected chi connectivity index (χ2v) is 7.22. The standard InChI is InChI=1S/C21H27N3O/c25-21(23-14-11-22-12-15-23)10-13-24(19-8-9-19)16-18-6-3-5-17-4-1-2-7-20(17)18/h1-7,19,22H,8-16H2. The molecule has 1 amide bonds. The van der Waals surface area contributed by atoms with Crippen molar-refractivity contribution in [2.45, 2.75) is 31.8 Å². The van der Waals surface area contributed by atoms with Crippen LogP contribution in [0.1, 0.15) is 24.8 Å². The molecule has 0 spiro atoms. The summed E-state index contributed by atoms with van der Waals surface area (Å²) in [4.78, 5) is 17.0. The van der Waals surface area contributed by atoms with Gasteiger partial charge in [0.1, 0.15) is 0 Å². The molecule has 1 heterocycles. The first-order chi connectivity index (χ1) is 12.3. The van der Waals surface area contributed by atoms with Gasteiger partial charge in [0.15, 0.2) is 0 Å². The van der Waals surface area contributed by atoms with E-state index in [1.165, 1.54) is 29.2 Å². The minimum atomic E-state index is 0.310. The maximum atomic E-state index is 12.5. The highest BCUT2D eigenvalue weighted by Crippen LogP contribution is 2.30. The first-order valence-corrected chi connectivity index (χ1v) is 9.50. The number of carbonyl (C=O) groups is 1. The van der Waals surface area contributed by atoms with E-state index in [2.05, 4.69) is 52.7 Å². The Morgan fingerprint density at radius 2 is 1.84 bits per heavy atom. The molecule has 1 saturated heterocycles. The van der Waals surface area contributed by atoms with Crippen LogP contribution in [-0.2, 0) is 11.3 Å². The molecule has 0 radical (unpaired) electrons. The molecule has 0 unspecified atom stereocenters. The number of benzene rings is 2. The zero-order valence-electron chi connectivity index (χ0n) is 14.8. The normalized spacial score (nSPS) is 18.0. The topological polar surface area (TPSA) is 35.6 Å². The second-order valence-electron chi connectivity index (χ2n) is 7.22. The smallest absolute Gasteiger partial charge is 0.223 e. The number of hydrogen-bond donors (Lipinski definition) is 1. The number of hydrogen-bond acceptors (Lipinski definition) is 3. The molecule has 2 aromatic carbocycles. The van der Waals surface area contributed by atoms with Crippen LogP contribution in [0, 0.1) is 0 Å². The predicted octanol–water partition coefficient (Wildman–Crippen LogP) is 2.63. The maximum absolute atomic E-state index is 12.5. The number of carbonyl (C=O) groups excluding carboxylic acids is 1. The third-order valence-corrected chi connectivity index (χ3v) is 5.40. The van der Waals surface area contributed by atoms with Gasteiger partial charge in [0.05, 0.1) is 0 Å². The van der Waals surface area contributed by atoms with E-state index in [0.717, 1.165) is 39.3 Å². The van der Waals surface area contributed by atoms with Gasteiger partial charge in [-0.25, -0.2) is 0 Å². The zero-order chi connectivity index (χ0) is 17.1. The number of amides is 1. The minimum Gasteiger partial charge on any atom is -0.340 e. The Morgan fingerprint density at radius 1 is 1.08 bits per heavy atom. The van der Waals surface area contributed by atoms with Crippen LogP contribution in [0.25, 0.3) is 10.8 Å². The van der Waals surface area contributed by atoms with Crippen molar-refractivity contribution in [1.29, 1.82) is 0 Å². The first-order valence-electron chi connectivity index (χ1n) is 9.50. The number of fused-ring (bicyclic) bond motifs is 1. The van der Waals surface area contributed by atoms with Crippen molar-refractivity contribution in [2.75, 3.05) is 32.7 Å². The van der Waals surface area contributed by atoms with Gasteiger partial charge in [-0.15, -0.1) is 0 Å². The van der Waals surface area contributed by atoms with Crippen LogP contribution in [0.15, 0.2) is 42.5 Å². The van der Waals surface area contributed by atoms with E-state index in [4.69, 9.17) is 0 Å². The molecule has 2 fully saturated rings. The average Bonchev–Trinajstić information content (AvgIpc) is 3.51. The quantitative estimate of drug-likeness (QED) is 0.880. The monoisotopic (exact) mass is 337 g/mol. The van der Waals surface area contributed by atoms with Crippen molar-refractivity contribution in [1.82, 2.24) is 15.1 Å². The van der Waals surface area contributed by atoms with Gasteiger partial charge in [0.25, 0.3) is 0 Å². The van der Waals surface area contributed by atoms with E-state index in [9.17, 15) is 4.79 Å². The van der Waals surface area contributed by atoms with Gasteiger partial charge in [-0.2, -0.15) is 0 Å². The van der Waals surface area contributed by atoms with Crippen LogP contribution in [0.4, 0.5) is 0 Å². The van der Waals surface area contributed by atoms with Crippen LogP contribution in [-0.4, -0.2) is 54.5 Å². The molecule has 4 heteroatoms. The lowest BCUT2D eigenvalue weighted by molar-refractivity contribution is -0.132. The molecule has 0 aromatic heterocycles. The van der Waals surface area contributed by atoms with E-state index < -0.39 is 0 Å². The van der Waals surface area contributed by atoms with E-state index in [1.54, 1.807) is 0 Å². The van der Waals surface area contributed by atoms with Crippen molar-refractivity contribution >= 4 is 16.7 Å². The van der Waals surface area contributed by atoms with E-state index in [-0.39, 0.29) is 0 Å². The first kappa shape index (κ1) is 16.6. The van der Waals surface area contributed by atoms with Gasteiger partial charge in [0, 0.05) is 51.7 Å². The zero-order valence-corrected chi connectivity index (χ0v) is 14.8. The molecule has 0 bridgehead atoms. The lowest BCUT2D eigenvalue weighted by atomic mass is 10.0. The van der Waals surface area contributed by atoms with Crippen LogP contribution in [0.2, 0.25) is 0 Å². The molecule has 1 aliphatic heterocycles. The summed E-state index contributed by atoms with van der Waals surface area (Å²) in [6.07, 6.45) is 3.18. The molecular formula is C21H27N3O. The molecule has 4 rings (SSSR count). The Morgan fingerprint density at radius 3 is 2.64 bits per heavy atom. The molecule has 1 N–H and O–H groups in total. The third-order valence-electron chi connectivity index (χ3n) is 5.40. The molecule has 25 heavy (non-hydrogen) atoms. The van der Waals surface area contributed by atoms with Crippen molar-refractivity contribution in [3.05, 3.63) is 48.0 Å². The van der Waals surface area contributed by atoms with Crippen molar-refractivity contribution in [3.8, 4) is 0 Å². The summed E-state index contributed by atoms with van der Waals surface area (Å²) in [5.41, 5.74) is 1.37. The van der Waals surface area contributed by atoms with Crippen LogP contribution < -0.4 is 5.32 Å². The van der Waals surface area contributed by atoms with Gasteiger partial charge < -0.3 is 10.2 Å². The van der Waals surface area contributed by atoms with Gasteiger partial charge >= 0.3 is 0 Å². The summed E-state index contributed by atoms with van der Waals surface area (Å²) in [6.45, 7) is 5.37. The number of nitrogens with zero attached hydrogens (tertiary/aromatic N) is 2. The van der Waals surface area contributed by atoms with Gasteiger partial charge in [-0.3, -0.25) is 9.69 Å². The fraction of sp³-hybridized carbons (Fsp3) is 0.476. The lowest BCUT2D eigenvalue weighted by Crippen LogP contribution is -2.47. The fourth-order valence-electron chi connectivity index (χ4n) is 3.79. The molecule has 4 nitrogen and oxygen atoms in total. The highest BCUT2D eigenvalue weighted by atomic mass is 16.2. The van der Waals surface area contributed by atoms with Gasteiger partial charge in [-0.05, 0) is 29.2 Å². The van der Waals surface area contributed by atoms with E-state index in [0.29, 0.717) is 18.4 Å². The Hall–Kier alpha value is -1.91. The van der Waals surface area contributed by atoms with Crippen LogP contribution in [0.5, 0.6) is 0 Å². The molecule has 2 aromatic rings. The Bertz CT molecular complexity index is 730. The molecule has 2 aliphatic rings. The Labute approximate surface area is 149 Å². The predicted molar refractivity (Wildman–Crippen MR) is 101 cm³/mol. The van der Waals surface area contributed by atoms with Crippen molar-refractivity contribution in [3.63, 3.8) is 0 Å². The molecule has 1 aliphatic carbocycles. The SMILES string of the molecule is O=C(CCN(Cc1cccc2ccccc12)C1CC1)N1CCNCC1. The third kappa shape index (κ3) is 4.02. The summed E-state index contributed by atoms with van der Waals surface area (Å²) in [6, 6.07) is 15.8. The summed E-state index contributed by atoms with van der Waals surface area (Å²) in [7, 11) is 0. The summed E-state index contributed by atoms with van der Waals surface area (Å²) < 4.78 is 0. The summed E-state index contributed by atoms with van der Waals surface area (Å²) >= 11 is 0. The van der Waals surface area contributed by atoms with Crippen LogP contribution >= 0.6 is 0 Å². The second kappa shape index (κ2) is 7.54. The van der Waals surface area contributed by atoms with Crippen molar-refractivity contribution in [2.24, 2.45) is 0 Å². The number of rotatable bonds is 6. The highest BCUT2D eigenvalue weighted by Gasteiger charge is 2.30. The average molecular weight is 337 g/mol. The minimum absolute atomic E-state index is 0.310. The van der Waals surface area contributed by atoms with Gasteiger partial charge in [0.2, 0.25) is 5.91 Å².